The second-order valence-corrected chi connectivity index (χ2v) is 6.43. The highest BCUT2D eigenvalue weighted by atomic mass is 16.5. The second-order valence-electron chi connectivity index (χ2n) is 6.43. The van der Waals surface area contributed by atoms with Gasteiger partial charge in [-0.2, -0.15) is 0 Å². The van der Waals surface area contributed by atoms with Crippen molar-refractivity contribution in [2.24, 2.45) is 0 Å². The minimum Gasteiger partial charge on any atom is -0.461 e. The van der Waals surface area contributed by atoms with Gasteiger partial charge in [-0.3, -0.25) is 0 Å². The number of para-hydroxylation sites is 1. The highest BCUT2D eigenvalue weighted by molar-refractivity contribution is 5.95. The molecule has 2 heterocycles. The van der Waals surface area contributed by atoms with Gasteiger partial charge in [-0.05, 0) is 45.7 Å². The van der Waals surface area contributed by atoms with Gasteiger partial charge >= 0.3 is 5.97 Å². The van der Waals surface area contributed by atoms with Gasteiger partial charge in [0.15, 0.2) is 0 Å². The van der Waals surface area contributed by atoms with Gasteiger partial charge in [0.2, 0.25) is 0 Å². The number of esters is 1. The zero-order valence-electron chi connectivity index (χ0n) is 13.5. The second kappa shape index (κ2) is 5.76. The SMILES string of the molecule is CCOC(=O)c1cc2ccccc2n1C1CCOC(C)(C)C1. The number of fused-ring (bicyclic) bond motifs is 1. The number of benzene rings is 1. The van der Waals surface area contributed by atoms with Crippen LogP contribution >= 0.6 is 0 Å². The smallest absolute Gasteiger partial charge is 0.354 e. The van der Waals surface area contributed by atoms with Crippen LogP contribution in [0.1, 0.15) is 50.1 Å². The Bertz CT molecular complexity index is 687. The van der Waals surface area contributed by atoms with Crippen molar-refractivity contribution in [2.75, 3.05) is 13.2 Å². The van der Waals surface area contributed by atoms with Crippen LogP contribution in [0.2, 0.25) is 0 Å². The van der Waals surface area contributed by atoms with E-state index in [2.05, 4.69) is 24.5 Å². The largest absolute Gasteiger partial charge is 0.461 e. The van der Waals surface area contributed by atoms with Crippen LogP contribution in [0.4, 0.5) is 0 Å². The molecule has 1 fully saturated rings. The molecule has 1 aromatic heterocycles. The summed E-state index contributed by atoms with van der Waals surface area (Å²) in [5.41, 5.74) is 1.57. The van der Waals surface area contributed by atoms with Crippen LogP contribution in [0.15, 0.2) is 30.3 Å². The molecule has 1 saturated heterocycles. The normalized spacial score (nSPS) is 21.0. The minimum absolute atomic E-state index is 0.166. The van der Waals surface area contributed by atoms with Gasteiger partial charge in [0, 0.05) is 23.6 Å². The molecule has 0 saturated carbocycles. The third-order valence-corrected chi connectivity index (χ3v) is 4.27. The van der Waals surface area contributed by atoms with Crippen molar-refractivity contribution >= 4 is 16.9 Å². The zero-order chi connectivity index (χ0) is 15.7. The first kappa shape index (κ1) is 15.1. The van der Waals surface area contributed by atoms with E-state index in [1.165, 1.54) is 0 Å². The average Bonchev–Trinajstić information content (AvgIpc) is 2.86. The van der Waals surface area contributed by atoms with Gasteiger partial charge in [0.1, 0.15) is 5.69 Å². The fourth-order valence-corrected chi connectivity index (χ4v) is 3.35. The lowest BCUT2D eigenvalue weighted by Gasteiger charge is -2.37. The quantitative estimate of drug-likeness (QED) is 0.806. The topological polar surface area (TPSA) is 40.5 Å². The first-order chi connectivity index (χ1) is 10.5. The van der Waals surface area contributed by atoms with E-state index in [0.717, 1.165) is 23.7 Å². The molecule has 1 unspecified atom stereocenters. The molecule has 4 nitrogen and oxygen atoms in total. The molecule has 0 N–H and O–H groups in total. The Kier molecular flexibility index (Phi) is 3.96. The lowest BCUT2D eigenvalue weighted by molar-refractivity contribution is -0.0688. The molecule has 1 aromatic carbocycles. The van der Waals surface area contributed by atoms with E-state index in [4.69, 9.17) is 9.47 Å². The number of hydrogen-bond acceptors (Lipinski definition) is 3. The Morgan fingerprint density at radius 3 is 2.91 bits per heavy atom. The summed E-state index contributed by atoms with van der Waals surface area (Å²) in [6, 6.07) is 10.3. The van der Waals surface area contributed by atoms with Gasteiger partial charge in [0.25, 0.3) is 0 Å². The molecule has 3 rings (SSSR count). The lowest BCUT2D eigenvalue weighted by atomic mass is 9.93. The number of ether oxygens (including phenoxy) is 2. The van der Waals surface area contributed by atoms with Crippen molar-refractivity contribution in [3.63, 3.8) is 0 Å². The van der Waals surface area contributed by atoms with Gasteiger partial charge < -0.3 is 14.0 Å². The Morgan fingerprint density at radius 2 is 2.18 bits per heavy atom. The van der Waals surface area contributed by atoms with Crippen molar-refractivity contribution in [1.82, 2.24) is 4.57 Å². The van der Waals surface area contributed by atoms with Crippen LogP contribution in [-0.4, -0.2) is 29.4 Å². The molecular formula is C18H23NO3. The molecule has 0 spiro atoms. The summed E-state index contributed by atoms with van der Waals surface area (Å²) in [5, 5.41) is 1.08. The van der Waals surface area contributed by atoms with Crippen molar-refractivity contribution < 1.29 is 14.3 Å². The maximum atomic E-state index is 12.4. The van der Waals surface area contributed by atoms with E-state index < -0.39 is 0 Å². The predicted molar refractivity (Wildman–Crippen MR) is 86.2 cm³/mol. The third-order valence-electron chi connectivity index (χ3n) is 4.27. The molecule has 4 heteroatoms. The third kappa shape index (κ3) is 2.75. The standard InChI is InChI=1S/C18H23NO3/c1-4-21-17(20)16-11-13-7-5-6-8-15(13)19(16)14-9-10-22-18(2,3)12-14/h5-8,11,14H,4,9-10,12H2,1-3H3. The zero-order valence-corrected chi connectivity index (χ0v) is 13.5. The molecule has 1 aliphatic rings. The Labute approximate surface area is 131 Å². The summed E-state index contributed by atoms with van der Waals surface area (Å²) in [5.74, 6) is -0.247. The molecule has 0 bridgehead atoms. The summed E-state index contributed by atoms with van der Waals surface area (Å²) in [6.07, 6.45) is 1.80. The van der Waals surface area contributed by atoms with Crippen molar-refractivity contribution in [2.45, 2.75) is 45.3 Å². The molecule has 118 valence electrons. The summed E-state index contributed by atoms with van der Waals surface area (Å²) in [6.45, 7) is 7.15. The summed E-state index contributed by atoms with van der Waals surface area (Å²) >= 11 is 0. The summed E-state index contributed by atoms with van der Waals surface area (Å²) in [4.78, 5) is 12.4. The first-order valence-electron chi connectivity index (χ1n) is 7.93. The number of carbonyl (C=O) groups excluding carboxylic acids is 1. The predicted octanol–water partition coefficient (Wildman–Crippen LogP) is 3.95. The highest BCUT2D eigenvalue weighted by Crippen LogP contribution is 2.36. The average molecular weight is 301 g/mol. The highest BCUT2D eigenvalue weighted by Gasteiger charge is 2.32. The number of rotatable bonds is 3. The summed E-state index contributed by atoms with van der Waals surface area (Å²) in [7, 11) is 0. The van der Waals surface area contributed by atoms with E-state index in [1.54, 1.807) is 0 Å². The number of hydrogen-bond donors (Lipinski definition) is 0. The van der Waals surface area contributed by atoms with Crippen molar-refractivity contribution in [3.05, 3.63) is 36.0 Å². The van der Waals surface area contributed by atoms with Gasteiger partial charge in [-0.1, -0.05) is 18.2 Å². The fourth-order valence-electron chi connectivity index (χ4n) is 3.35. The molecule has 1 aliphatic heterocycles. The monoisotopic (exact) mass is 301 g/mol. The van der Waals surface area contributed by atoms with E-state index in [0.29, 0.717) is 18.9 Å². The van der Waals surface area contributed by atoms with Gasteiger partial charge in [-0.15, -0.1) is 0 Å². The van der Waals surface area contributed by atoms with Crippen molar-refractivity contribution in [1.29, 1.82) is 0 Å². The number of carbonyl (C=O) groups is 1. The molecule has 1 atom stereocenters. The molecule has 22 heavy (non-hydrogen) atoms. The van der Waals surface area contributed by atoms with E-state index in [1.807, 2.05) is 31.2 Å². The maximum Gasteiger partial charge on any atom is 0.354 e. The van der Waals surface area contributed by atoms with E-state index in [-0.39, 0.29) is 17.6 Å². The molecule has 2 aromatic rings. The maximum absolute atomic E-state index is 12.4. The molecule has 0 radical (unpaired) electrons. The summed E-state index contributed by atoms with van der Waals surface area (Å²) < 4.78 is 13.2. The first-order valence-corrected chi connectivity index (χ1v) is 7.93. The number of aromatic nitrogens is 1. The molecule has 0 amide bonds. The van der Waals surface area contributed by atoms with Crippen LogP contribution in [0, 0.1) is 0 Å². The molecule has 0 aliphatic carbocycles. The Hall–Kier alpha value is -1.81. The molecular weight excluding hydrogens is 278 g/mol. The van der Waals surface area contributed by atoms with Crippen molar-refractivity contribution in [3.8, 4) is 0 Å². The van der Waals surface area contributed by atoms with Crippen LogP contribution in [0.25, 0.3) is 10.9 Å². The van der Waals surface area contributed by atoms with Gasteiger partial charge in [-0.25, -0.2) is 4.79 Å². The van der Waals surface area contributed by atoms with E-state index >= 15 is 0 Å². The fraction of sp³-hybridized carbons (Fsp3) is 0.500. The minimum atomic E-state index is -0.247. The Morgan fingerprint density at radius 1 is 1.41 bits per heavy atom. The number of nitrogens with zero attached hydrogens (tertiary/aromatic N) is 1. The van der Waals surface area contributed by atoms with Crippen LogP contribution in [0.5, 0.6) is 0 Å². The lowest BCUT2D eigenvalue weighted by Crippen LogP contribution is -2.35. The van der Waals surface area contributed by atoms with Crippen LogP contribution in [-0.2, 0) is 9.47 Å². The van der Waals surface area contributed by atoms with Crippen LogP contribution < -0.4 is 0 Å². The van der Waals surface area contributed by atoms with E-state index in [9.17, 15) is 4.79 Å². The van der Waals surface area contributed by atoms with Gasteiger partial charge in [0.05, 0.1) is 12.2 Å². The van der Waals surface area contributed by atoms with Crippen LogP contribution in [0.3, 0.4) is 0 Å². The Balaban J connectivity index is 2.09.